The van der Waals surface area contributed by atoms with Crippen molar-refractivity contribution in [1.29, 1.82) is 0 Å². The zero-order chi connectivity index (χ0) is 23.9. The molecule has 180 valence electrons. The third-order valence-corrected chi connectivity index (χ3v) is 6.22. The Bertz CT molecular complexity index is 849. The number of hydrogen-bond acceptors (Lipinski definition) is 3. The van der Waals surface area contributed by atoms with Crippen LogP contribution in [0.25, 0.3) is 11.1 Å². The molecular weight excluding hydrogens is 430 g/mol. The lowest BCUT2D eigenvalue weighted by molar-refractivity contribution is -0.105. The van der Waals surface area contributed by atoms with Gasteiger partial charge in [-0.2, -0.15) is 0 Å². The predicted molar refractivity (Wildman–Crippen MR) is 142 cm³/mol. The smallest absolute Gasteiger partial charge is 0.211 e. The standard InChI is InChI=1S/C21H25NO2.C6H12.CH2OS/c1-3-24-21-6-4-5-19(15(21)2)20-12-11-18(22-14-23)13-17(20)10-9-16-7-8-16;1-2-4-6-5-3-1;2-1-3/h4-6,11-14,16H,3,7-10H2,1-2H3,(H,22,23);1-6H2;1H,(H,2,3). The molecule has 5 heteroatoms. The van der Waals surface area contributed by atoms with Gasteiger partial charge in [-0.15, -0.1) is 12.6 Å². The largest absolute Gasteiger partial charge is 0.494 e. The lowest BCUT2D eigenvalue weighted by Gasteiger charge is -2.16. The second-order valence-corrected chi connectivity index (χ2v) is 8.92. The zero-order valence-corrected chi connectivity index (χ0v) is 21.0. The van der Waals surface area contributed by atoms with E-state index in [9.17, 15) is 4.79 Å². The molecule has 2 aliphatic rings. The van der Waals surface area contributed by atoms with E-state index < -0.39 is 0 Å². The maximum absolute atomic E-state index is 10.8. The van der Waals surface area contributed by atoms with Crippen LogP contribution in [0.5, 0.6) is 5.75 Å². The summed E-state index contributed by atoms with van der Waals surface area (Å²) in [5.41, 5.74) is 6.22. The van der Waals surface area contributed by atoms with E-state index in [1.807, 2.05) is 19.1 Å². The van der Waals surface area contributed by atoms with Gasteiger partial charge in [0.05, 0.1) is 6.61 Å². The molecule has 4 rings (SSSR count). The van der Waals surface area contributed by atoms with Crippen molar-refractivity contribution in [2.45, 2.75) is 78.1 Å². The SMILES string of the molecule is C1CCCCC1.CCOc1cccc(-c2ccc(NC=O)cc2CCC2CC2)c1C.O=CS. The summed E-state index contributed by atoms with van der Waals surface area (Å²) in [5.74, 6) is 1.83. The van der Waals surface area contributed by atoms with Gasteiger partial charge in [0.15, 0.2) is 5.62 Å². The zero-order valence-electron chi connectivity index (χ0n) is 20.1. The summed E-state index contributed by atoms with van der Waals surface area (Å²) in [4.78, 5) is 19.4. The second-order valence-electron chi connectivity index (χ2n) is 8.70. The van der Waals surface area contributed by atoms with Crippen molar-refractivity contribution in [3.63, 3.8) is 0 Å². The highest BCUT2D eigenvalue weighted by molar-refractivity contribution is 7.94. The second kappa shape index (κ2) is 15.5. The highest BCUT2D eigenvalue weighted by Gasteiger charge is 2.21. The number of hydrogen-bond donors (Lipinski definition) is 2. The summed E-state index contributed by atoms with van der Waals surface area (Å²) in [6.07, 6.45) is 14.7. The molecule has 4 nitrogen and oxygen atoms in total. The number of nitrogens with one attached hydrogen (secondary N) is 1. The number of amides is 1. The number of benzene rings is 2. The molecule has 1 N–H and O–H groups in total. The van der Waals surface area contributed by atoms with E-state index in [1.165, 1.54) is 80.0 Å². The number of aryl methyl sites for hydroxylation is 1. The maximum atomic E-state index is 10.8. The number of carbonyl (C=O) groups excluding carboxylic acids is 2. The first-order chi connectivity index (χ1) is 16.1. The Kier molecular flexibility index (Phi) is 12.7. The van der Waals surface area contributed by atoms with Crippen molar-refractivity contribution in [2.24, 2.45) is 5.92 Å². The minimum Gasteiger partial charge on any atom is -0.494 e. The summed E-state index contributed by atoms with van der Waals surface area (Å²) >= 11 is 3.11. The molecule has 2 aliphatic carbocycles. The summed E-state index contributed by atoms with van der Waals surface area (Å²) in [6.45, 7) is 4.79. The van der Waals surface area contributed by atoms with Crippen LogP contribution in [-0.2, 0) is 16.0 Å². The molecule has 0 saturated heterocycles. The fraction of sp³-hybridized carbons (Fsp3) is 0.500. The van der Waals surface area contributed by atoms with Crippen LogP contribution < -0.4 is 10.1 Å². The van der Waals surface area contributed by atoms with E-state index in [-0.39, 0.29) is 0 Å². The molecule has 0 bridgehead atoms. The monoisotopic (exact) mass is 469 g/mol. The van der Waals surface area contributed by atoms with Crippen molar-refractivity contribution in [2.75, 3.05) is 11.9 Å². The van der Waals surface area contributed by atoms with Crippen LogP contribution in [0, 0.1) is 12.8 Å². The van der Waals surface area contributed by atoms with Crippen molar-refractivity contribution >= 4 is 30.3 Å². The van der Waals surface area contributed by atoms with Gasteiger partial charge in [0.2, 0.25) is 6.41 Å². The van der Waals surface area contributed by atoms with Gasteiger partial charge >= 0.3 is 0 Å². The molecular formula is C28H39NO3S. The number of ether oxygens (including phenoxy) is 1. The van der Waals surface area contributed by atoms with E-state index >= 15 is 0 Å². The first-order valence-electron chi connectivity index (χ1n) is 12.3. The molecule has 2 aromatic carbocycles. The van der Waals surface area contributed by atoms with Crippen LogP contribution in [0.2, 0.25) is 0 Å². The van der Waals surface area contributed by atoms with Crippen molar-refractivity contribution in [3.8, 4) is 16.9 Å². The predicted octanol–water partition coefficient (Wildman–Crippen LogP) is 7.42. The normalized spacial score (nSPS) is 14.6. The van der Waals surface area contributed by atoms with Crippen LogP contribution in [0.15, 0.2) is 36.4 Å². The Morgan fingerprint density at radius 1 is 1.00 bits per heavy atom. The van der Waals surface area contributed by atoms with E-state index in [4.69, 9.17) is 9.53 Å². The minimum atomic E-state index is 0.444. The Labute approximate surface area is 204 Å². The van der Waals surface area contributed by atoms with E-state index in [0.29, 0.717) is 12.2 Å². The molecule has 33 heavy (non-hydrogen) atoms. The number of thiol groups is 1. The van der Waals surface area contributed by atoms with Gasteiger partial charge in [-0.3, -0.25) is 9.59 Å². The van der Waals surface area contributed by atoms with Crippen LogP contribution in [0.1, 0.15) is 75.8 Å². The lowest BCUT2D eigenvalue weighted by Crippen LogP contribution is -2.00. The third-order valence-electron chi connectivity index (χ3n) is 6.22. The fourth-order valence-corrected chi connectivity index (χ4v) is 4.27. The molecule has 0 atom stereocenters. The van der Waals surface area contributed by atoms with Gasteiger partial charge in [-0.05, 0) is 73.1 Å². The average molecular weight is 470 g/mol. The molecule has 0 unspecified atom stereocenters. The van der Waals surface area contributed by atoms with Crippen LogP contribution >= 0.6 is 12.6 Å². The maximum Gasteiger partial charge on any atom is 0.211 e. The number of carbonyl (C=O) groups is 2. The molecule has 0 aromatic heterocycles. The summed E-state index contributed by atoms with van der Waals surface area (Å²) in [5, 5.41) is 2.77. The average Bonchev–Trinajstić information content (AvgIpc) is 3.67. The number of rotatable bonds is 8. The van der Waals surface area contributed by atoms with Gasteiger partial charge < -0.3 is 10.1 Å². The van der Waals surface area contributed by atoms with E-state index in [0.717, 1.165) is 30.2 Å². The summed E-state index contributed by atoms with van der Waals surface area (Å²) < 4.78 is 5.75. The summed E-state index contributed by atoms with van der Waals surface area (Å²) in [7, 11) is 0. The molecule has 2 saturated carbocycles. The van der Waals surface area contributed by atoms with Crippen molar-refractivity contribution in [3.05, 3.63) is 47.5 Å². The third kappa shape index (κ3) is 9.63. The topological polar surface area (TPSA) is 55.4 Å². The Morgan fingerprint density at radius 2 is 1.64 bits per heavy atom. The van der Waals surface area contributed by atoms with Gasteiger partial charge in [-0.25, -0.2) is 0 Å². The van der Waals surface area contributed by atoms with Crippen LogP contribution in [0.4, 0.5) is 5.69 Å². The lowest BCUT2D eigenvalue weighted by atomic mass is 9.92. The van der Waals surface area contributed by atoms with Gasteiger partial charge in [-0.1, -0.05) is 69.6 Å². The van der Waals surface area contributed by atoms with Crippen molar-refractivity contribution < 1.29 is 14.3 Å². The first-order valence-corrected chi connectivity index (χ1v) is 12.8. The van der Waals surface area contributed by atoms with Gasteiger partial charge in [0.1, 0.15) is 5.75 Å². The van der Waals surface area contributed by atoms with E-state index in [1.54, 1.807) is 0 Å². The molecule has 0 aliphatic heterocycles. The quantitative estimate of drug-likeness (QED) is 0.312. The highest BCUT2D eigenvalue weighted by Crippen LogP contribution is 2.37. The Hall–Kier alpha value is -2.27. The van der Waals surface area contributed by atoms with Gasteiger partial charge in [0, 0.05) is 5.69 Å². The van der Waals surface area contributed by atoms with Crippen molar-refractivity contribution in [1.82, 2.24) is 0 Å². The van der Waals surface area contributed by atoms with Crippen LogP contribution in [0.3, 0.4) is 0 Å². The summed E-state index contributed by atoms with van der Waals surface area (Å²) in [6, 6.07) is 12.4. The first kappa shape index (κ1) is 27.0. The number of anilines is 1. The molecule has 0 heterocycles. The molecule has 1 amide bonds. The van der Waals surface area contributed by atoms with Crippen LogP contribution in [-0.4, -0.2) is 18.6 Å². The molecule has 0 radical (unpaired) electrons. The molecule has 0 spiro atoms. The Balaban J connectivity index is 0.000000360. The van der Waals surface area contributed by atoms with E-state index in [2.05, 4.69) is 49.1 Å². The highest BCUT2D eigenvalue weighted by atomic mass is 32.1. The fourth-order valence-electron chi connectivity index (χ4n) is 4.27. The Morgan fingerprint density at radius 3 is 2.18 bits per heavy atom. The molecule has 2 fully saturated rings. The van der Waals surface area contributed by atoms with Gasteiger partial charge in [0.25, 0.3) is 0 Å². The molecule has 2 aromatic rings. The minimum absolute atomic E-state index is 0.444.